The summed E-state index contributed by atoms with van der Waals surface area (Å²) in [6, 6.07) is 13.4. The Morgan fingerprint density at radius 3 is 2.19 bits per heavy atom. The van der Waals surface area contributed by atoms with Crippen molar-refractivity contribution in [3.63, 3.8) is 0 Å². The monoisotopic (exact) mass is 429 g/mol. The predicted octanol–water partition coefficient (Wildman–Crippen LogP) is 3.20. The van der Waals surface area contributed by atoms with Crippen molar-refractivity contribution in [1.82, 2.24) is 4.90 Å². The van der Waals surface area contributed by atoms with E-state index in [0.29, 0.717) is 43.2 Å². The van der Waals surface area contributed by atoms with E-state index in [4.69, 9.17) is 18.9 Å². The first-order chi connectivity index (χ1) is 15.0. The number of aliphatic hydroxyl groups is 1. The number of aliphatic hydroxyl groups excluding tert-OH is 1. The first kappa shape index (κ1) is 22.9. The molecule has 7 heteroatoms. The van der Waals surface area contributed by atoms with Gasteiger partial charge in [-0.25, -0.2) is 0 Å². The largest absolute Gasteiger partial charge is 0.493 e. The molecule has 1 N–H and O–H groups in total. The summed E-state index contributed by atoms with van der Waals surface area (Å²) in [4.78, 5) is 15.5. The van der Waals surface area contributed by atoms with Crippen LogP contribution in [0.3, 0.4) is 0 Å². The Balaban J connectivity index is 1.91. The van der Waals surface area contributed by atoms with Crippen LogP contribution in [0, 0.1) is 5.41 Å². The molecule has 0 spiro atoms. The average Bonchev–Trinajstić information content (AvgIpc) is 3.10. The van der Waals surface area contributed by atoms with Crippen molar-refractivity contribution in [3.8, 4) is 17.2 Å². The lowest BCUT2D eigenvalue weighted by atomic mass is 9.74. The van der Waals surface area contributed by atoms with Gasteiger partial charge in [0.15, 0.2) is 11.5 Å². The van der Waals surface area contributed by atoms with E-state index in [2.05, 4.69) is 0 Å². The highest BCUT2D eigenvalue weighted by Crippen LogP contribution is 2.48. The number of rotatable bonds is 10. The van der Waals surface area contributed by atoms with Gasteiger partial charge in [0, 0.05) is 26.8 Å². The van der Waals surface area contributed by atoms with Gasteiger partial charge in [-0.2, -0.15) is 0 Å². The maximum absolute atomic E-state index is 13.7. The van der Waals surface area contributed by atoms with Gasteiger partial charge < -0.3 is 29.0 Å². The van der Waals surface area contributed by atoms with Crippen LogP contribution in [-0.4, -0.2) is 57.5 Å². The summed E-state index contributed by atoms with van der Waals surface area (Å²) in [7, 11) is 6.31. The number of ether oxygens (including phenoxy) is 4. The summed E-state index contributed by atoms with van der Waals surface area (Å²) < 4.78 is 22.1. The quantitative estimate of drug-likeness (QED) is 0.625. The molecule has 3 rings (SSSR count). The summed E-state index contributed by atoms with van der Waals surface area (Å²) in [5, 5.41) is 9.80. The van der Waals surface area contributed by atoms with Gasteiger partial charge in [0.05, 0.1) is 32.8 Å². The van der Waals surface area contributed by atoms with E-state index in [1.807, 2.05) is 47.4 Å². The summed E-state index contributed by atoms with van der Waals surface area (Å²) in [6.45, 7) is 0.882. The molecule has 1 aliphatic heterocycles. The van der Waals surface area contributed by atoms with Gasteiger partial charge >= 0.3 is 0 Å². The number of hydrogen-bond donors (Lipinski definition) is 1. The molecule has 7 nitrogen and oxygen atoms in total. The van der Waals surface area contributed by atoms with Crippen LogP contribution >= 0.6 is 0 Å². The normalized spacial score (nSPS) is 19.4. The van der Waals surface area contributed by atoms with E-state index in [9.17, 15) is 9.90 Å². The van der Waals surface area contributed by atoms with Gasteiger partial charge in [0.1, 0.15) is 0 Å². The molecule has 1 saturated heterocycles. The Bertz CT molecular complexity index is 862. The van der Waals surface area contributed by atoms with Gasteiger partial charge in [-0.3, -0.25) is 4.79 Å². The fraction of sp³-hybridized carbons (Fsp3) is 0.458. The van der Waals surface area contributed by atoms with E-state index < -0.39 is 11.5 Å². The lowest BCUT2D eigenvalue weighted by molar-refractivity contribution is -0.146. The number of amides is 1. The van der Waals surface area contributed by atoms with Crippen molar-refractivity contribution in [3.05, 3.63) is 53.6 Å². The summed E-state index contributed by atoms with van der Waals surface area (Å²) in [6.07, 6.45) is 0.508. The van der Waals surface area contributed by atoms with Crippen LogP contribution in [0.5, 0.6) is 17.2 Å². The molecule has 0 bridgehead atoms. The highest BCUT2D eigenvalue weighted by atomic mass is 16.5. The fourth-order valence-corrected chi connectivity index (χ4v) is 4.57. The zero-order valence-electron chi connectivity index (χ0n) is 18.6. The van der Waals surface area contributed by atoms with Gasteiger partial charge in [0.2, 0.25) is 11.7 Å². The average molecular weight is 430 g/mol. The van der Waals surface area contributed by atoms with Crippen molar-refractivity contribution in [1.29, 1.82) is 0 Å². The molecule has 1 amide bonds. The number of methoxy groups -OCH3 is 4. The van der Waals surface area contributed by atoms with Gasteiger partial charge in [0.25, 0.3) is 0 Å². The van der Waals surface area contributed by atoms with Crippen LogP contribution in [-0.2, 0) is 16.1 Å². The smallest absolute Gasteiger partial charge is 0.232 e. The van der Waals surface area contributed by atoms with Crippen LogP contribution in [0.15, 0.2) is 42.5 Å². The molecular weight excluding hydrogens is 398 g/mol. The third kappa shape index (κ3) is 4.34. The van der Waals surface area contributed by atoms with E-state index in [1.165, 1.54) is 0 Å². The minimum atomic E-state index is -0.814. The number of nitrogens with zero attached hydrogens (tertiary/aromatic N) is 1. The third-order valence-corrected chi connectivity index (χ3v) is 6.04. The van der Waals surface area contributed by atoms with E-state index in [-0.39, 0.29) is 12.5 Å². The standard InChI is InChI=1S/C24H31NO6/c1-28-19-14-17(15-20(29-2)21(19)30-3)16-25-12-10-24(11-13-26,23(25)27)22(31-4)18-8-6-5-7-9-18/h5-9,14-15,22,26H,10-13,16H2,1-4H3. The molecule has 2 aromatic rings. The predicted molar refractivity (Wildman–Crippen MR) is 116 cm³/mol. The van der Waals surface area contributed by atoms with Gasteiger partial charge in [-0.1, -0.05) is 30.3 Å². The Labute approximate surface area is 183 Å². The number of benzene rings is 2. The zero-order chi connectivity index (χ0) is 22.4. The maximum atomic E-state index is 13.7. The Morgan fingerprint density at radius 2 is 1.68 bits per heavy atom. The van der Waals surface area contributed by atoms with E-state index in [0.717, 1.165) is 11.1 Å². The second kappa shape index (κ2) is 10.0. The van der Waals surface area contributed by atoms with Crippen LogP contribution in [0.4, 0.5) is 0 Å². The maximum Gasteiger partial charge on any atom is 0.232 e. The molecule has 2 aromatic carbocycles. The molecule has 2 atom stereocenters. The van der Waals surface area contributed by atoms with Crippen LogP contribution in [0.1, 0.15) is 30.1 Å². The summed E-state index contributed by atoms with van der Waals surface area (Å²) in [5.41, 5.74) is 0.989. The zero-order valence-corrected chi connectivity index (χ0v) is 18.6. The molecule has 1 aliphatic rings. The minimum Gasteiger partial charge on any atom is -0.493 e. The molecule has 1 heterocycles. The Kier molecular flexibility index (Phi) is 7.41. The SMILES string of the molecule is COc1cc(CN2CCC(CCO)(C(OC)c3ccccc3)C2=O)cc(OC)c1OC. The Morgan fingerprint density at radius 1 is 1.03 bits per heavy atom. The van der Waals surface area contributed by atoms with Gasteiger partial charge in [-0.05, 0) is 36.1 Å². The third-order valence-electron chi connectivity index (χ3n) is 6.04. The molecule has 2 unspecified atom stereocenters. The molecule has 0 radical (unpaired) electrons. The van der Waals surface area contributed by atoms with Crippen molar-refractivity contribution in [2.75, 3.05) is 41.6 Å². The Hall–Kier alpha value is -2.77. The highest BCUT2D eigenvalue weighted by molar-refractivity contribution is 5.86. The number of carbonyl (C=O) groups excluding carboxylic acids is 1. The molecule has 168 valence electrons. The van der Waals surface area contributed by atoms with E-state index >= 15 is 0 Å². The van der Waals surface area contributed by atoms with Crippen molar-refractivity contribution < 1.29 is 28.8 Å². The van der Waals surface area contributed by atoms with Crippen LogP contribution < -0.4 is 14.2 Å². The lowest BCUT2D eigenvalue weighted by Crippen LogP contribution is -2.40. The van der Waals surface area contributed by atoms with Crippen molar-refractivity contribution in [2.45, 2.75) is 25.5 Å². The first-order valence-corrected chi connectivity index (χ1v) is 10.3. The van der Waals surface area contributed by atoms with Crippen LogP contribution in [0.25, 0.3) is 0 Å². The highest BCUT2D eigenvalue weighted by Gasteiger charge is 2.52. The number of carbonyl (C=O) groups is 1. The summed E-state index contributed by atoms with van der Waals surface area (Å²) >= 11 is 0. The topological polar surface area (TPSA) is 77.5 Å². The molecule has 1 fully saturated rings. The molecule has 0 aliphatic carbocycles. The second-order valence-electron chi connectivity index (χ2n) is 7.67. The fourth-order valence-electron chi connectivity index (χ4n) is 4.57. The summed E-state index contributed by atoms with van der Waals surface area (Å²) in [5.74, 6) is 1.58. The second-order valence-corrected chi connectivity index (χ2v) is 7.67. The van der Waals surface area contributed by atoms with Crippen LogP contribution in [0.2, 0.25) is 0 Å². The van der Waals surface area contributed by atoms with Crippen molar-refractivity contribution >= 4 is 5.91 Å². The molecule has 31 heavy (non-hydrogen) atoms. The molecular formula is C24H31NO6. The molecule has 0 saturated carbocycles. The van der Waals surface area contributed by atoms with E-state index in [1.54, 1.807) is 28.4 Å². The lowest BCUT2D eigenvalue weighted by Gasteiger charge is -2.35. The number of hydrogen-bond acceptors (Lipinski definition) is 6. The van der Waals surface area contributed by atoms with Crippen molar-refractivity contribution in [2.24, 2.45) is 5.41 Å². The number of likely N-dealkylation sites (tertiary alicyclic amines) is 1. The first-order valence-electron chi connectivity index (χ1n) is 10.3. The molecule has 0 aromatic heterocycles. The van der Waals surface area contributed by atoms with Gasteiger partial charge in [-0.15, -0.1) is 0 Å². The minimum absolute atomic E-state index is 0.0222.